The van der Waals surface area contributed by atoms with Crippen molar-refractivity contribution in [2.75, 3.05) is 5.32 Å². The van der Waals surface area contributed by atoms with Crippen molar-refractivity contribution >= 4 is 27.3 Å². The fraction of sp³-hybridized carbons (Fsp3) is 0.250. The molecule has 2 aromatic carbocycles. The van der Waals surface area contributed by atoms with Crippen LogP contribution >= 0.6 is 15.9 Å². The molecule has 0 aliphatic heterocycles. The second-order valence-corrected chi connectivity index (χ2v) is 6.01. The minimum atomic E-state index is -0.348. The van der Waals surface area contributed by atoms with E-state index in [1.807, 2.05) is 45.0 Å². The first kappa shape index (κ1) is 15.5. The first-order valence-corrected chi connectivity index (χ1v) is 7.42. The van der Waals surface area contributed by atoms with Gasteiger partial charge in [-0.2, -0.15) is 0 Å². The van der Waals surface area contributed by atoms with Crippen molar-refractivity contribution in [1.82, 2.24) is 0 Å². The second-order valence-electron chi connectivity index (χ2n) is 5.16. The standard InChI is InChI=1S/C16H17BrN2O2/c1-10-4-5-13(14(17)6-10)9-18-15-7-11(2)12(3)8-16(15)19(20)21/h4-8,18H,9H2,1-3H3. The van der Waals surface area contributed by atoms with E-state index in [0.29, 0.717) is 12.2 Å². The van der Waals surface area contributed by atoms with Gasteiger partial charge in [0.05, 0.1) is 4.92 Å². The molecule has 5 heteroatoms. The van der Waals surface area contributed by atoms with Gasteiger partial charge in [0.2, 0.25) is 0 Å². The Hall–Kier alpha value is -1.88. The molecular weight excluding hydrogens is 332 g/mol. The van der Waals surface area contributed by atoms with Gasteiger partial charge in [-0.05, 0) is 55.2 Å². The molecule has 2 aromatic rings. The van der Waals surface area contributed by atoms with Crippen molar-refractivity contribution in [3.8, 4) is 0 Å². The summed E-state index contributed by atoms with van der Waals surface area (Å²) in [6, 6.07) is 9.51. The van der Waals surface area contributed by atoms with Gasteiger partial charge >= 0.3 is 0 Å². The predicted molar refractivity (Wildman–Crippen MR) is 88.8 cm³/mol. The van der Waals surface area contributed by atoms with Gasteiger partial charge < -0.3 is 5.32 Å². The third-order valence-corrected chi connectivity index (χ3v) is 4.22. The van der Waals surface area contributed by atoms with E-state index in [1.54, 1.807) is 6.07 Å². The Morgan fingerprint density at radius 2 is 1.81 bits per heavy atom. The van der Waals surface area contributed by atoms with E-state index in [9.17, 15) is 10.1 Å². The number of benzene rings is 2. The maximum absolute atomic E-state index is 11.2. The smallest absolute Gasteiger partial charge is 0.292 e. The Kier molecular flexibility index (Phi) is 4.63. The van der Waals surface area contributed by atoms with Crippen LogP contribution in [0.15, 0.2) is 34.8 Å². The van der Waals surface area contributed by atoms with E-state index >= 15 is 0 Å². The first-order chi connectivity index (χ1) is 9.88. The minimum absolute atomic E-state index is 0.112. The van der Waals surface area contributed by atoms with Gasteiger partial charge in [0.25, 0.3) is 5.69 Å². The third-order valence-electron chi connectivity index (χ3n) is 3.49. The highest BCUT2D eigenvalue weighted by atomic mass is 79.9. The second kappa shape index (κ2) is 6.26. The Bertz CT molecular complexity index is 699. The van der Waals surface area contributed by atoms with E-state index in [0.717, 1.165) is 21.2 Å². The number of hydrogen-bond donors (Lipinski definition) is 1. The van der Waals surface area contributed by atoms with Crippen LogP contribution in [0.3, 0.4) is 0 Å². The van der Waals surface area contributed by atoms with E-state index in [-0.39, 0.29) is 10.6 Å². The largest absolute Gasteiger partial charge is 0.375 e. The van der Waals surface area contributed by atoms with Gasteiger partial charge in [-0.3, -0.25) is 10.1 Å². The monoisotopic (exact) mass is 348 g/mol. The Balaban J connectivity index is 2.27. The summed E-state index contributed by atoms with van der Waals surface area (Å²) in [6.07, 6.45) is 0. The van der Waals surface area contributed by atoms with Gasteiger partial charge in [-0.25, -0.2) is 0 Å². The fourth-order valence-corrected chi connectivity index (χ4v) is 2.71. The minimum Gasteiger partial charge on any atom is -0.375 e. The van der Waals surface area contributed by atoms with Crippen LogP contribution in [0, 0.1) is 30.9 Å². The van der Waals surface area contributed by atoms with Crippen molar-refractivity contribution in [1.29, 1.82) is 0 Å². The number of nitrogens with one attached hydrogen (secondary N) is 1. The fourth-order valence-electron chi connectivity index (χ4n) is 2.08. The number of hydrogen-bond acceptors (Lipinski definition) is 3. The molecular formula is C16H17BrN2O2. The van der Waals surface area contributed by atoms with Crippen LogP contribution in [-0.4, -0.2) is 4.92 Å². The normalized spacial score (nSPS) is 10.5. The molecule has 4 nitrogen and oxygen atoms in total. The number of nitro benzene ring substituents is 1. The van der Waals surface area contributed by atoms with Crippen LogP contribution in [0.25, 0.3) is 0 Å². The van der Waals surface area contributed by atoms with Gasteiger partial charge in [-0.1, -0.05) is 28.1 Å². The van der Waals surface area contributed by atoms with Crippen molar-refractivity contribution in [2.24, 2.45) is 0 Å². The Labute approximate surface area is 132 Å². The topological polar surface area (TPSA) is 55.2 Å². The summed E-state index contributed by atoms with van der Waals surface area (Å²) < 4.78 is 1.00. The van der Waals surface area contributed by atoms with Gasteiger partial charge in [-0.15, -0.1) is 0 Å². The first-order valence-electron chi connectivity index (χ1n) is 6.63. The molecule has 0 bridgehead atoms. The summed E-state index contributed by atoms with van der Waals surface area (Å²) in [5, 5.41) is 14.3. The van der Waals surface area contributed by atoms with Crippen LogP contribution in [0.2, 0.25) is 0 Å². The lowest BCUT2D eigenvalue weighted by Crippen LogP contribution is -2.04. The molecule has 0 amide bonds. The molecule has 0 unspecified atom stereocenters. The molecule has 0 radical (unpaired) electrons. The van der Waals surface area contributed by atoms with Crippen LogP contribution in [-0.2, 0) is 6.54 Å². The lowest BCUT2D eigenvalue weighted by molar-refractivity contribution is -0.384. The molecule has 0 fully saturated rings. The number of rotatable bonds is 4. The summed E-state index contributed by atoms with van der Waals surface area (Å²) in [6.45, 7) is 6.38. The summed E-state index contributed by atoms with van der Waals surface area (Å²) in [4.78, 5) is 10.8. The lowest BCUT2D eigenvalue weighted by atomic mass is 10.1. The average molecular weight is 349 g/mol. The van der Waals surface area contributed by atoms with Crippen molar-refractivity contribution in [3.63, 3.8) is 0 Å². The summed E-state index contributed by atoms with van der Waals surface area (Å²) in [5.41, 5.74) is 4.85. The molecule has 0 aliphatic carbocycles. The molecule has 0 heterocycles. The number of nitro groups is 1. The number of aryl methyl sites for hydroxylation is 3. The number of anilines is 1. The maximum Gasteiger partial charge on any atom is 0.292 e. The summed E-state index contributed by atoms with van der Waals surface area (Å²) >= 11 is 3.52. The van der Waals surface area contributed by atoms with Crippen molar-refractivity contribution in [3.05, 3.63) is 67.2 Å². The average Bonchev–Trinajstić information content (AvgIpc) is 2.41. The quantitative estimate of drug-likeness (QED) is 0.631. The molecule has 0 atom stereocenters. The van der Waals surface area contributed by atoms with Crippen LogP contribution < -0.4 is 5.32 Å². The Morgan fingerprint density at radius 1 is 1.14 bits per heavy atom. The molecule has 2 rings (SSSR count). The molecule has 0 spiro atoms. The van der Waals surface area contributed by atoms with E-state index in [4.69, 9.17) is 0 Å². The molecule has 0 saturated carbocycles. The summed E-state index contributed by atoms with van der Waals surface area (Å²) in [5.74, 6) is 0. The van der Waals surface area contributed by atoms with Gasteiger partial charge in [0.1, 0.15) is 5.69 Å². The highest BCUT2D eigenvalue weighted by molar-refractivity contribution is 9.10. The SMILES string of the molecule is Cc1ccc(CNc2cc(C)c(C)cc2[N+](=O)[O-])c(Br)c1. The zero-order chi connectivity index (χ0) is 15.6. The van der Waals surface area contributed by atoms with Crippen molar-refractivity contribution in [2.45, 2.75) is 27.3 Å². The van der Waals surface area contributed by atoms with Crippen LogP contribution in [0.4, 0.5) is 11.4 Å². The highest BCUT2D eigenvalue weighted by Gasteiger charge is 2.15. The Morgan fingerprint density at radius 3 is 2.43 bits per heavy atom. The third kappa shape index (κ3) is 3.61. The molecule has 0 aliphatic rings. The zero-order valence-corrected chi connectivity index (χ0v) is 13.8. The number of halogens is 1. The predicted octanol–water partition coefficient (Wildman–Crippen LogP) is 4.89. The lowest BCUT2D eigenvalue weighted by Gasteiger charge is -2.11. The van der Waals surface area contributed by atoms with Gasteiger partial charge in [0, 0.05) is 17.1 Å². The molecule has 0 saturated heterocycles. The molecule has 0 aromatic heterocycles. The van der Waals surface area contributed by atoms with Crippen LogP contribution in [0.1, 0.15) is 22.3 Å². The molecule has 110 valence electrons. The van der Waals surface area contributed by atoms with E-state index in [1.165, 1.54) is 5.56 Å². The van der Waals surface area contributed by atoms with E-state index < -0.39 is 0 Å². The van der Waals surface area contributed by atoms with Crippen LogP contribution in [0.5, 0.6) is 0 Å². The summed E-state index contributed by atoms with van der Waals surface area (Å²) in [7, 11) is 0. The molecule has 21 heavy (non-hydrogen) atoms. The zero-order valence-electron chi connectivity index (χ0n) is 12.2. The highest BCUT2D eigenvalue weighted by Crippen LogP contribution is 2.29. The maximum atomic E-state index is 11.2. The molecule has 1 N–H and O–H groups in total. The van der Waals surface area contributed by atoms with E-state index in [2.05, 4.69) is 21.2 Å². The van der Waals surface area contributed by atoms with Gasteiger partial charge in [0.15, 0.2) is 0 Å². The van der Waals surface area contributed by atoms with Crippen molar-refractivity contribution < 1.29 is 4.92 Å². The number of nitrogens with zero attached hydrogens (tertiary/aromatic N) is 1.